The molecule has 0 aliphatic heterocycles. The Hall–Kier alpha value is -0.340. The lowest BCUT2D eigenvalue weighted by Crippen LogP contribution is -2.20. The fourth-order valence-electron chi connectivity index (χ4n) is 1.44. The van der Waals surface area contributed by atoms with E-state index in [0.717, 1.165) is 18.5 Å². The normalized spacial score (nSPS) is 27.4. The molecule has 0 aromatic carbocycles. The minimum absolute atomic E-state index is 0.824. The molecule has 1 aliphatic rings. The summed E-state index contributed by atoms with van der Waals surface area (Å²) in [6.07, 6.45) is 2.57. The van der Waals surface area contributed by atoms with Gasteiger partial charge in [0.15, 0.2) is 0 Å². The minimum atomic E-state index is 0.824. The van der Waals surface area contributed by atoms with Gasteiger partial charge in [-0.15, -0.1) is 11.3 Å². The summed E-state index contributed by atoms with van der Waals surface area (Å²) >= 11 is 1.86. The van der Waals surface area contributed by atoms with Crippen LogP contribution in [-0.2, 0) is 6.42 Å². The van der Waals surface area contributed by atoms with Gasteiger partial charge in [-0.2, -0.15) is 0 Å². The molecule has 0 spiro atoms. The van der Waals surface area contributed by atoms with Crippen LogP contribution >= 0.6 is 11.3 Å². The summed E-state index contributed by atoms with van der Waals surface area (Å²) in [4.78, 5) is 1.50. The molecule has 12 heavy (non-hydrogen) atoms. The van der Waals surface area contributed by atoms with Crippen LogP contribution in [0.5, 0.6) is 0 Å². The Kier molecular flexibility index (Phi) is 2.47. The van der Waals surface area contributed by atoms with E-state index in [1.165, 1.54) is 17.7 Å². The van der Waals surface area contributed by atoms with E-state index in [2.05, 4.69) is 29.8 Å². The van der Waals surface area contributed by atoms with Gasteiger partial charge in [0.05, 0.1) is 0 Å². The van der Waals surface area contributed by atoms with Gasteiger partial charge in [0.1, 0.15) is 0 Å². The maximum atomic E-state index is 3.55. The van der Waals surface area contributed by atoms with Crippen molar-refractivity contribution in [1.82, 2.24) is 5.32 Å². The number of hydrogen-bond acceptors (Lipinski definition) is 2. The molecule has 1 aliphatic carbocycles. The molecule has 66 valence electrons. The summed E-state index contributed by atoms with van der Waals surface area (Å²) in [7, 11) is 0. The van der Waals surface area contributed by atoms with Crippen molar-refractivity contribution in [3.63, 3.8) is 0 Å². The fourth-order valence-corrected chi connectivity index (χ4v) is 2.15. The van der Waals surface area contributed by atoms with Gasteiger partial charge in [0.2, 0.25) is 0 Å². The summed E-state index contributed by atoms with van der Waals surface area (Å²) in [5, 5.41) is 5.70. The van der Waals surface area contributed by atoms with Crippen molar-refractivity contribution in [2.24, 2.45) is 5.92 Å². The van der Waals surface area contributed by atoms with Gasteiger partial charge in [-0.05, 0) is 30.2 Å². The third-order valence-electron chi connectivity index (χ3n) is 2.47. The lowest BCUT2D eigenvalue weighted by molar-refractivity contribution is 0.653. The molecule has 0 saturated heterocycles. The second kappa shape index (κ2) is 3.58. The highest BCUT2D eigenvalue weighted by Gasteiger charge is 2.31. The number of thiophene rings is 1. The van der Waals surface area contributed by atoms with E-state index in [9.17, 15) is 0 Å². The molecule has 0 radical (unpaired) electrons. The largest absolute Gasteiger partial charge is 0.313 e. The molecule has 0 bridgehead atoms. The van der Waals surface area contributed by atoms with Crippen molar-refractivity contribution < 1.29 is 0 Å². The summed E-state index contributed by atoms with van der Waals surface area (Å²) in [6.45, 7) is 3.46. The SMILES string of the molecule is CC1CC1NCCc1cccs1. The predicted molar refractivity (Wildman–Crippen MR) is 53.6 cm³/mol. The zero-order valence-corrected chi connectivity index (χ0v) is 8.23. The Morgan fingerprint density at radius 1 is 1.67 bits per heavy atom. The summed E-state index contributed by atoms with van der Waals surface area (Å²) in [6, 6.07) is 5.16. The Morgan fingerprint density at radius 3 is 3.08 bits per heavy atom. The molecule has 1 heterocycles. The number of hydrogen-bond donors (Lipinski definition) is 1. The number of rotatable bonds is 4. The monoisotopic (exact) mass is 181 g/mol. The molecule has 1 aromatic rings. The summed E-state index contributed by atoms with van der Waals surface area (Å²) in [5.74, 6) is 0.924. The van der Waals surface area contributed by atoms with Gasteiger partial charge in [-0.25, -0.2) is 0 Å². The molecular formula is C10H15NS. The predicted octanol–water partition coefficient (Wildman–Crippen LogP) is 2.29. The maximum absolute atomic E-state index is 3.55. The van der Waals surface area contributed by atoms with Crippen LogP contribution in [0, 0.1) is 5.92 Å². The van der Waals surface area contributed by atoms with Gasteiger partial charge in [-0.1, -0.05) is 13.0 Å². The van der Waals surface area contributed by atoms with E-state index in [4.69, 9.17) is 0 Å². The molecule has 2 unspecified atom stereocenters. The highest BCUT2D eigenvalue weighted by molar-refractivity contribution is 7.09. The third-order valence-corrected chi connectivity index (χ3v) is 3.40. The van der Waals surface area contributed by atoms with E-state index < -0.39 is 0 Å². The molecule has 1 fully saturated rings. The molecule has 0 amide bonds. The molecule has 1 saturated carbocycles. The van der Waals surface area contributed by atoms with Gasteiger partial charge >= 0.3 is 0 Å². The van der Waals surface area contributed by atoms with E-state index in [0.29, 0.717) is 0 Å². The fraction of sp³-hybridized carbons (Fsp3) is 0.600. The molecule has 2 rings (SSSR count). The van der Waals surface area contributed by atoms with Crippen molar-refractivity contribution in [3.05, 3.63) is 22.4 Å². The van der Waals surface area contributed by atoms with Gasteiger partial charge in [0.25, 0.3) is 0 Å². The molecule has 2 heteroatoms. The lowest BCUT2D eigenvalue weighted by atomic mass is 10.3. The molecular weight excluding hydrogens is 166 g/mol. The Morgan fingerprint density at radius 2 is 2.50 bits per heavy atom. The molecule has 1 nitrogen and oxygen atoms in total. The first-order valence-electron chi connectivity index (χ1n) is 4.62. The van der Waals surface area contributed by atoms with Crippen LogP contribution in [0.3, 0.4) is 0 Å². The van der Waals surface area contributed by atoms with Crippen LogP contribution in [0.4, 0.5) is 0 Å². The minimum Gasteiger partial charge on any atom is -0.313 e. The van der Waals surface area contributed by atoms with E-state index in [1.54, 1.807) is 0 Å². The second-order valence-electron chi connectivity index (χ2n) is 3.60. The van der Waals surface area contributed by atoms with Crippen LogP contribution in [0.1, 0.15) is 18.2 Å². The van der Waals surface area contributed by atoms with Crippen molar-refractivity contribution in [1.29, 1.82) is 0 Å². The Bertz CT molecular complexity index is 230. The average molecular weight is 181 g/mol. The average Bonchev–Trinajstić information content (AvgIpc) is 2.58. The van der Waals surface area contributed by atoms with Gasteiger partial charge < -0.3 is 5.32 Å². The standard InChI is InChI=1S/C10H15NS/c1-8-7-10(8)11-5-4-9-3-2-6-12-9/h2-3,6,8,10-11H,4-5,7H2,1H3. The zero-order chi connectivity index (χ0) is 8.39. The molecule has 2 atom stereocenters. The first kappa shape index (κ1) is 8.27. The van der Waals surface area contributed by atoms with Crippen LogP contribution in [0.25, 0.3) is 0 Å². The second-order valence-corrected chi connectivity index (χ2v) is 4.64. The zero-order valence-electron chi connectivity index (χ0n) is 7.42. The van der Waals surface area contributed by atoms with Crippen molar-refractivity contribution >= 4 is 11.3 Å². The number of nitrogens with one attached hydrogen (secondary N) is 1. The van der Waals surface area contributed by atoms with Gasteiger partial charge in [0, 0.05) is 17.5 Å². The molecule has 1 N–H and O–H groups in total. The van der Waals surface area contributed by atoms with Crippen LogP contribution in [0.15, 0.2) is 17.5 Å². The highest BCUT2D eigenvalue weighted by atomic mass is 32.1. The first-order valence-corrected chi connectivity index (χ1v) is 5.50. The van der Waals surface area contributed by atoms with E-state index >= 15 is 0 Å². The summed E-state index contributed by atoms with van der Waals surface area (Å²) < 4.78 is 0. The van der Waals surface area contributed by atoms with Crippen LogP contribution in [-0.4, -0.2) is 12.6 Å². The smallest absolute Gasteiger partial charge is 0.00965 e. The topological polar surface area (TPSA) is 12.0 Å². The van der Waals surface area contributed by atoms with Crippen molar-refractivity contribution in [2.45, 2.75) is 25.8 Å². The quantitative estimate of drug-likeness (QED) is 0.751. The maximum Gasteiger partial charge on any atom is 0.00965 e. The third kappa shape index (κ3) is 2.08. The van der Waals surface area contributed by atoms with E-state index in [-0.39, 0.29) is 0 Å². The van der Waals surface area contributed by atoms with Gasteiger partial charge in [-0.3, -0.25) is 0 Å². The van der Waals surface area contributed by atoms with Crippen molar-refractivity contribution in [2.75, 3.05) is 6.54 Å². The highest BCUT2D eigenvalue weighted by Crippen LogP contribution is 2.28. The molecule has 1 aromatic heterocycles. The van der Waals surface area contributed by atoms with Crippen molar-refractivity contribution in [3.8, 4) is 0 Å². The Balaban J connectivity index is 1.63. The van der Waals surface area contributed by atoms with E-state index in [1.807, 2.05) is 11.3 Å². The first-order chi connectivity index (χ1) is 5.86. The lowest BCUT2D eigenvalue weighted by Gasteiger charge is -2.00. The Labute approximate surface area is 77.8 Å². The summed E-state index contributed by atoms with van der Waals surface area (Å²) in [5.41, 5.74) is 0. The van der Waals surface area contributed by atoms with Crippen LogP contribution < -0.4 is 5.32 Å². The van der Waals surface area contributed by atoms with Crippen LogP contribution in [0.2, 0.25) is 0 Å².